The number of fused-ring (bicyclic) bond motifs is 1. The molecule has 0 radical (unpaired) electrons. The largest absolute Gasteiger partial charge is 0.446 e. The summed E-state index contributed by atoms with van der Waals surface area (Å²) in [7, 11) is -4.49. The van der Waals surface area contributed by atoms with Crippen LogP contribution < -0.4 is 4.18 Å². The molecule has 0 saturated carbocycles. The lowest BCUT2D eigenvalue weighted by Gasteiger charge is -2.07. The van der Waals surface area contributed by atoms with Gasteiger partial charge in [0, 0.05) is 0 Å². The van der Waals surface area contributed by atoms with E-state index in [4.69, 9.17) is 4.55 Å². The maximum absolute atomic E-state index is 10.7. The van der Waals surface area contributed by atoms with Crippen molar-refractivity contribution in [1.82, 2.24) is 0 Å². The van der Waals surface area contributed by atoms with Crippen molar-refractivity contribution in [3.05, 3.63) is 54.6 Å². The van der Waals surface area contributed by atoms with Crippen LogP contribution in [0.2, 0.25) is 0 Å². The van der Waals surface area contributed by atoms with E-state index in [1.54, 1.807) is 18.2 Å². The van der Waals surface area contributed by atoms with Crippen molar-refractivity contribution in [2.24, 2.45) is 0 Å². The van der Waals surface area contributed by atoms with E-state index in [1.807, 2.05) is 18.2 Å². The lowest BCUT2D eigenvalue weighted by molar-refractivity contribution is 0.387. The summed E-state index contributed by atoms with van der Waals surface area (Å²) in [6.45, 7) is 3.68. The summed E-state index contributed by atoms with van der Waals surface area (Å²) >= 11 is 0. The van der Waals surface area contributed by atoms with Crippen LogP contribution in [0.1, 0.15) is 5.56 Å². The molecule has 0 fully saturated rings. The third-order valence-corrected chi connectivity index (χ3v) is 2.91. The van der Waals surface area contributed by atoms with Gasteiger partial charge in [0.1, 0.15) is 5.75 Å². The zero-order chi connectivity index (χ0) is 13.2. The Morgan fingerprint density at radius 1 is 1.28 bits per heavy atom. The zero-order valence-corrected chi connectivity index (χ0v) is 10.4. The molecule has 0 aromatic heterocycles. The van der Waals surface area contributed by atoms with Crippen molar-refractivity contribution in [2.75, 3.05) is 0 Å². The van der Waals surface area contributed by atoms with Gasteiger partial charge in [-0.3, -0.25) is 4.55 Å². The molecule has 0 amide bonds. The Bertz CT molecular complexity index is 689. The van der Waals surface area contributed by atoms with Gasteiger partial charge in [0.25, 0.3) is 0 Å². The summed E-state index contributed by atoms with van der Waals surface area (Å²) in [4.78, 5) is 0. The molecule has 0 aliphatic rings. The van der Waals surface area contributed by atoms with Gasteiger partial charge in [0.15, 0.2) is 0 Å². The van der Waals surface area contributed by atoms with Crippen LogP contribution in [0, 0.1) is 0 Å². The van der Waals surface area contributed by atoms with Gasteiger partial charge in [-0.05, 0) is 34.9 Å². The maximum Gasteiger partial charge on any atom is 0.446 e. The molecule has 0 unspecified atom stereocenters. The molecule has 0 heterocycles. The van der Waals surface area contributed by atoms with Crippen LogP contribution >= 0.6 is 0 Å². The summed E-state index contributed by atoms with van der Waals surface area (Å²) in [5, 5.41) is 1.84. The second-order valence-electron chi connectivity index (χ2n) is 3.80. The predicted octanol–water partition coefficient (Wildman–Crippen LogP) is 2.75. The monoisotopic (exact) mass is 264 g/mol. The topological polar surface area (TPSA) is 63.6 Å². The van der Waals surface area contributed by atoms with Crippen LogP contribution in [-0.4, -0.2) is 13.0 Å². The van der Waals surface area contributed by atoms with Gasteiger partial charge in [-0.15, -0.1) is 6.58 Å². The average molecular weight is 264 g/mol. The highest BCUT2D eigenvalue weighted by Crippen LogP contribution is 2.25. The van der Waals surface area contributed by atoms with Crippen LogP contribution in [0.5, 0.6) is 5.75 Å². The minimum Gasteiger partial charge on any atom is -0.362 e. The molecule has 2 aromatic carbocycles. The Kier molecular flexibility index (Phi) is 3.36. The highest BCUT2D eigenvalue weighted by molar-refractivity contribution is 7.81. The van der Waals surface area contributed by atoms with Crippen molar-refractivity contribution >= 4 is 21.2 Å². The Labute approximate surface area is 105 Å². The third kappa shape index (κ3) is 2.88. The summed E-state index contributed by atoms with van der Waals surface area (Å²) in [6, 6.07) is 10.6. The lowest BCUT2D eigenvalue weighted by Crippen LogP contribution is -2.06. The molecule has 2 rings (SSSR count). The average Bonchev–Trinajstić information content (AvgIpc) is 2.28. The maximum atomic E-state index is 10.7. The van der Waals surface area contributed by atoms with E-state index < -0.39 is 10.4 Å². The summed E-state index contributed by atoms with van der Waals surface area (Å²) in [5.74, 6) is 0.0847. The summed E-state index contributed by atoms with van der Waals surface area (Å²) in [5.41, 5.74) is 1.02. The number of hydrogen-bond donors (Lipinski definition) is 1. The fraction of sp³-hybridized carbons (Fsp3) is 0.0769. The van der Waals surface area contributed by atoms with E-state index in [0.717, 1.165) is 16.3 Å². The van der Waals surface area contributed by atoms with E-state index in [2.05, 4.69) is 10.8 Å². The van der Waals surface area contributed by atoms with Gasteiger partial charge < -0.3 is 4.18 Å². The molecule has 0 aliphatic carbocycles. The van der Waals surface area contributed by atoms with Crippen molar-refractivity contribution in [2.45, 2.75) is 6.42 Å². The highest BCUT2D eigenvalue weighted by atomic mass is 32.3. The molecule has 5 heteroatoms. The number of rotatable bonds is 4. The molecule has 1 N–H and O–H groups in total. The lowest BCUT2D eigenvalue weighted by atomic mass is 10.0. The molecule has 2 aromatic rings. The van der Waals surface area contributed by atoms with Crippen molar-refractivity contribution < 1.29 is 17.2 Å². The first-order valence-electron chi connectivity index (χ1n) is 5.29. The summed E-state index contributed by atoms with van der Waals surface area (Å²) in [6.07, 6.45) is 2.44. The van der Waals surface area contributed by atoms with Gasteiger partial charge in [0.05, 0.1) is 0 Å². The SMILES string of the molecule is C=CCc1cccc2ccc(OS(=O)(=O)O)cc12. The van der Waals surface area contributed by atoms with Gasteiger partial charge in [-0.25, -0.2) is 0 Å². The Morgan fingerprint density at radius 2 is 2.06 bits per heavy atom. The molecule has 0 saturated heterocycles. The zero-order valence-electron chi connectivity index (χ0n) is 9.54. The molecule has 94 valence electrons. The first kappa shape index (κ1) is 12.6. The molecule has 0 aliphatic heterocycles. The Hall–Kier alpha value is -1.85. The number of allylic oxidation sites excluding steroid dienone is 1. The predicted molar refractivity (Wildman–Crippen MR) is 70.0 cm³/mol. The highest BCUT2D eigenvalue weighted by Gasteiger charge is 2.08. The van der Waals surface area contributed by atoms with E-state index >= 15 is 0 Å². The van der Waals surface area contributed by atoms with Gasteiger partial charge >= 0.3 is 10.4 Å². The second kappa shape index (κ2) is 4.80. The molecule has 0 spiro atoms. The fourth-order valence-electron chi connectivity index (χ4n) is 1.82. The smallest absolute Gasteiger partial charge is 0.362 e. The normalized spacial score (nSPS) is 11.4. The van der Waals surface area contributed by atoms with Crippen LogP contribution in [0.3, 0.4) is 0 Å². The molecule has 0 atom stereocenters. The standard InChI is InChI=1S/C13H12O4S/c1-2-4-10-5-3-6-11-7-8-12(9-13(10)11)17-18(14,15)16/h2-3,5-9H,1,4H2,(H,14,15,16). The van der Waals surface area contributed by atoms with Crippen LogP contribution in [0.4, 0.5) is 0 Å². The first-order valence-corrected chi connectivity index (χ1v) is 6.65. The van der Waals surface area contributed by atoms with E-state index in [0.29, 0.717) is 6.42 Å². The Balaban J connectivity index is 2.54. The molecule has 0 bridgehead atoms. The van der Waals surface area contributed by atoms with Crippen LogP contribution in [-0.2, 0) is 16.8 Å². The van der Waals surface area contributed by atoms with Gasteiger partial charge in [-0.1, -0.05) is 30.3 Å². The summed E-state index contributed by atoms with van der Waals surface area (Å²) < 4.78 is 34.4. The molecule has 18 heavy (non-hydrogen) atoms. The number of hydrogen-bond acceptors (Lipinski definition) is 3. The first-order chi connectivity index (χ1) is 8.49. The minimum atomic E-state index is -4.49. The fourth-order valence-corrected chi connectivity index (χ4v) is 2.17. The van der Waals surface area contributed by atoms with Crippen molar-refractivity contribution in [3.63, 3.8) is 0 Å². The van der Waals surface area contributed by atoms with E-state index in [1.165, 1.54) is 6.07 Å². The van der Waals surface area contributed by atoms with Gasteiger partial charge in [-0.2, -0.15) is 8.42 Å². The van der Waals surface area contributed by atoms with Gasteiger partial charge in [0.2, 0.25) is 0 Å². The minimum absolute atomic E-state index is 0.0847. The molecular formula is C13H12O4S. The van der Waals surface area contributed by atoms with Crippen molar-refractivity contribution in [3.8, 4) is 5.75 Å². The molecule has 4 nitrogen and oxygen atoms in total. The second-order valence-corrected chi connectivity index (χ2v) is 4.83. The molecular weight excluding hydrogens is 252 g/mol. The van der Waals surface area contributed by atoms with E-state index in [-0.39, 0.29) is 5.75 Å². The van der Waals surface area contributed by atoms with E-state index in [9.17, 15) is 8.42 Å². The van der Waals surface area contributed by atoms with Crippen molar-refractivity contribution in [1.29, 1.82) is 0 Å². The quantitative estimate of drug-likeness (QED) is 0.681. The van der Waals surface area contributed by atoms with Crippen LogP contribution in [0.15, 0.2) is 49.1 Å². The Morgan fingerprint density at radius 3 is 2.72 bits per heavy atom. The van der Waals surface area contributed by atoms with Crippen LogP contribution in [0.25, 0.3) is 10.8 Å². The number of benzene rings is 2. The third-order valence-electron chi connectivity index (χ3n) is 2.51.